The molecular formula is C22H35IN6. The Labute approximate surface area is 192 Å². The Hall–Kier alpha value is -1.61. The Morgan fingerprint density at radius 3 is 2.41 bits per heavy atom. The number of hydrogen-bond donors (Lipinski definition) is 2. The summed E-state index contributed by atoms with van der Waals surface area (Å²) in [6.07, 6.45) is 11.4. The number of nitrogens with zero attached hydrogens (tertiary/aromatic N) is 4. The fraction of sp³-hybridized carbons (Fsp3) is 0.545. The molecule has 0 radical (unpaired) electrons. The lowest BCUT2D eigenvalue weighted by Crippen LogP contribution is -2.39. The minimum absolute atomic E-state index is 0. The van der Waals surface area contributed by atoms with Gasteiger partial charge in [-0.15, -0.1) is 24.0 Å². The van der Waals surface area contributed by atoms with Gasteiger partial charge >= 0.3 is 0 Å². The molecule has 2 heterocycles. The Bertz CT molecular complexity index is 691. The Morgan fingerprint density at radius 1 is 1.03 bits per heavy atom. The highest BCUT2D eigenvalue weighted by molar-refractivity contribution is 14.0. The normalized spacial score (nSPS) is 15.4. The monoisotopic (exact) mass is 510 g/mol. The van der Waals surface area contributed by atoms with Gasteiger partial charge in [0.25, 0.3) is 0 Å². The van der Waals surface area contributed by atoms with Crippen LogP contribution in [0.2, 0.25) is 0 Å². The maximum absolute atomic E-state index is 4.34. The molecule has 7 heteroatoms. The number of guanidine groups is 1. The van der Waals surface area contributed by atoms with Gasteiger partial charge in [-0.3, -0.25) is 4.99 Å². The molecule has 1 fully saturated rings. The van der Waals surface area contributed by atoms with Crippen molar-refractivity contribution in [2.45, 2.75) is 38.5 Å². The molecule has 1 aromatic carbocycles. The SMILES string of the molecule is CN=C(NCCCN1CCCCCC1)NCCc1ccc(-n2cccn2)cc1.I. The third-order valence-corrected chi connectivity index (χ3v) is 5.28. The second-order valence-electron chi connectivity index (χ2n) is 7.40. The van der Waals surface area contributed by atoms with E-state index in [0.717, 1.165) is 37.6 Å². The van der Waals surface area contributed by atoms with Crippen LogP contribution < -0.4 is 10.6 Å². The van der Waals surface area contributed by atoms with Crippen molar-refractivity contribution >= 4 is 29.9 Å². The summed E-state index contributed by atoms with van der Waals surface area (Å²) in [5.41, 5.74) is 2.39. The van der Waals surface area contributed by atoms with E-state index in [4.69, 9.17) is 0 Å². The van der Waals surface area contributed by atoms with Gasteiger partial charge in [0.1, 0.15) is 0 Å². The van der Waals surface area contributed by atoms with E-state index >= 15 is 0 Å². The lowest BCUT2D eigenvalue weighted by molar-refractivity contribution is 0.282. The zero-order chi connectivity index (χ0) is 19.4. The molecule has 3 rings (SSSR count). The number of benzene rings is 1. The van der Waals surface area contributed by atoms with Crippen LogP contribution in [0.15, 0.2) is 47.7 Å². The third kappa shape index (κ3) is 8.34. The first-order valence-corrected chi connectivity index (χ1v) is 10.6. The van der Waals surface area contributed by atoms with E-state index in [1.54, 1.807) is 6.20 Å². The molecule has 2 aromatic rings. The van der Waals surface area contributed by atoms with Gasteiger partial charge in [-0.05, 0) is 69.1 Å². The second-order valence-corrected chi connectivity index (χ2v) is 7.40. The van der Waals surface area contributed by atoms with E-state index < -0.39 is 0 Å². The van der Waals surface area contributed by atoms with Crippen LogP contribution in [0.1, 0.15) is 37.7 Å². The standard InChI is InChI=1S/C22H34N6.HI/c1-23-22(24-13-6-18-27-16-4-2-3-5-17-27)25-15-12-20-8-10-21(11-9-20)28-19-7-14-26-28;/h7-11,14,19H,2-6,12-13,15-18H2,1H3,(H2,23,24,25);1H. The third-order valence-electron chi connectivity index (χ3n) is 5.28. The van der Waals surface area contributed by atoms with Gasteiger partial charge in [0.15, 0.2) is 5.96 Å². The maximum Gasteiger partial charge on any atom is 0.190 e. The summed E-state index contributed by atoms with van der Waals surface area (Å²) in [6.45, 7) is 5.56. The summed E-state index contributed by atoms with van der Waals surface area (Å²) in [4.78, 5) is 6.94. The second kappa shape index (κ2) is 13.6. The molecule has 1 aliphatic heterocycles. The number of halogens is 1. The molecule has 29 heavy (non-hydrogen) atoms. The molecule has 160 valence electrons. The van der Waals surface area contributed by atoms with Crippen molar-refractivity contribution in [2.24, 2.45) is 4.99 Å². The quantitative estimate of drug-likeness (QED) is 0.247. The summed E-state index contributed by atoms with van der Waals surface area (Å²) >= 11 is 0. The summed E-state index contributed by atoms with van der Waals surface area (Å²) < 4.78 is 1.87. The van der Waals surface area contributed by atoms with Gasteiger partial charge in [-0.2, -0.15) is 5.10 Å². The molecule has 2 N–H and O–H groups in total. The number of aromatic nitrogens is 2. The van der Waals surface area contributed by atoms with Gasteiger partial charge in [0.2, 0.25) is 0 Å². The van der Waals surface area contributed by atoms with E-state index in [9.17, 15) is 0 Å². The summed E-state index contributed by atoms with van der Waals surface area (Å²) in [5, 5.41) is 11.1. The first-order valence-electron chi connectivity index (χ1n) is 10.6. The molecule has 0 bridgehead atoms. The van der Waals surface area contributed by atoms with Crippen LogP contribution in [0.4, 0.5) is 0 Å². The summed E-state index contributed by atoms with van der Waals surface area (Å²) in [5.74, 6) is 0.893. The van der Waals surface area contributed by atoms with E-state index in [1.165, 1.54) is 50.9 Å². The van der Waals surface area contributed by atoms with Crippen molar-refractivity contribution in [3.63, 3.8) is 0 Å². The van der Waals surface area contributed by atoms with Crippen molar-refractivity contribution in [1.29, 1.82) is 0 Å². The van der Waals surface area contributed by atoms with Gasteiger partial charge in [-0.1, -0.05) is 25.0 Å². The zero-order valence-electron chi connectivity index (χ0n) is 17.5. The molecule has 0 atom stereocenters. The zero-order valence-corrected chi connectivity index (χ0v) is 19.8. The number of nitrogens with one attached hydrogen (secondary N) is 2. The Balaban J connectivity index is 0.00000300. The fourth-order valence-corrected chi connectivity index (χ4v) is 3.65. The molecule has 1 saturated heterocycles. The predicted molar refractivity (Wildman–Crippen MR) is 132 cm³/mol. The van der Waals surface area contributed by atoms with Gasteiger partial charge in [0.05, 0.1) is 5.69 Å². The Kier molecular flexibility index (Phi) is 11.1. The average molecular weight is 510 g/mol. The molecular weight excluding hydrogens is 475 g/mol. The van der Waals surface area contributed by atoms with Crippen LogP contribution in [-0.2, 0) is 6.42 Å². The minimum Gasteiger partial charge on any atom is -0.356 e. The first-order chi connectivity index (χ1) is 13.8. The molecule has 1 aromatic heterocycles. The van der Waals surface area contributed by atoms with Crippen LogP contribution in [0.5, 0.6) is 0 Å². The number of aliphatic imine (C=N–C) groups is 1. The first kappa shape index (κ1) is 23.7. The van der Waals surface area contributed by atoms with Gasteiger partial charge in [-0.25, -0.2) is 4.68 Å². The van der Waals surface area contributed by atoms with E-state index in [2.05, 4.69) is 49.9 Å². The summed E-state index contributed by atoms with van der Waals surface area (Å²) in [6, 6.07) is 10.5. The molecule has 0 unspecified atom stereocenters. The molecule has 0 saturated carbocycles. The average Bonchev–Trinajstić information content (AvgIpc) is 3.14. The van der Waals surface area contributed by atoms with Crippen LogP contribution in [0.3, 0.4) is 0 Å². The largest absolute Gasteiger partial charge is 0.356 e. The van der Waals surface area contributed by atoms with Gasteiger partial charge < -0.3 is 15.5 Å². The van der Waals surface area contributed by atoms with Crippen LogP contribution in [-0.4, -0.2) is 60.4 Å². The molecule has 0 aliphatic carbocycles. The van der Waals surface area contributed by atoms with Crippen molar-refractivity contribution in [2.75, 3.05) is 39.8 Å². The highest BCUT2D eigenvalue weighted by Gasteiger charge is 2.08. The summed E-state index contributed by atoms with van der Waals surface area (Å²) in [7, 11) is 1.84. The number of hydrogen-bond acceptors (Lipinski definition) is 3. The van der Waals surface area contributed by atoms with Gasteiger partial charge in [0, 0.05) is 32.5 Å². The topological polar surface area (TPSA) is 57.5 Å². The molecule has 0 spiro atoms. The van der Waals surface area contributed by atoms with Crippen molar-refractivity contribution < 1.29 is 0 Å². The highest BCUT2D eigenvalue weighted by atomic mass is 127. The molecule has 0 amide bonds. The van der Waals surface area contributed by atoms with Crippen molar-refractivity contribution in [3.8, 4) is 5.69 Å². The van der Waals surface area contributed by atoms with Crippen molar-refractivity contribution in [1.82, 2.24) is 25.3 Å². The fourth-order valence-electron chi connectivity index (χ4n) is 3.65. The maximum atomic E-state index is 4.34. The number of rotatable bonds is 8. The molecule has 1 aliphatic rings. The minimum atomic E-state index is 0. The smallest absolute Gasteiger partial charge is 0.190 e. The van der Waals surface area contributed by atoms with Crippen LogP contribution in [0, 0.1) is 0 Å². The van der Waals surface area contributed by atoms with Crippen LogP contribution in [0.25, 0.3) is 5.69 Å². The highest BCUT2D eigenvalue weighted by Crippen LogP contribution is 2.10. The molecule has 6 nitrogen and oxygen atoms in total. The Morgan fingerprint density at radius 2 is 1.76 bits per heavy atom. The van der Waals surface area contributed by atoms with E-state index in [1.807, 2.05) is 24.0 Å². The van der Waals surface area contributed by atoms with E-state index in [0.29, 0.717) is 0 Å². The van der Waals surface area contributed by atoms with E-state index in [-0.39, 0.29) is 24.0 Å². The number of likely N-dealkylation sites (tertiary alicyclic amines) is 1. The van der Waals surface area contributed by atoms with Crippen molar-refractivity contribution in [3.05, 3.63) is 48.3 Å². The van der Waals surface area contributed by atoms with Crippen LogP contribution >= 0.6 is 24.0 Å². The lowest BCUT2D eigenvalue weighted by Gasteiger charge is -2.20. The lowest BCUT2D eigenvalue weighted by atomic mass is 10.1. The predicted octanol–water partition coefficient (Wildman–Crippen LogP) is 3.46.